The number of benzene rings is 2. The maximum Gasteiger partial charge on any atom is 0.253 e. The number of methoxy groups -OCH3 is 1. The molecule has 2 heterocycles. The van der Waals surface area contributed by atoms with Crippen molar-refractivity contribution in [3.63, 3.8) is 0 Å². The van der Waals surface area contributed by atoms with E-state index in [-0.39, 0.29) is 5.91 Å². The van der Waals surface area contributed by atoms with Crippen LogP contribution in [-0.4, -0.2) is 41.2 Å². The van der Waals surface area contributed by atoms with Gasteiger partial charge in [-0.15, -0.1) is 10.2 Å². The maximum atomic E-state index is 12.7. The molecule has 1 saturated heterocycles. The minimum Gasteiger partial charge on any atom is -0.496 e. The minimum absolute atomic E-state index is 0.0575. The monoisotopic (exact) mass is 413 g/mol. The number of likely N-dealkylation sites (tertiary alicyclic amines) is 1. The summed E-state index contributed by atoms with van der Waals surface area (Å²) in [5.74, 6) is 1.19. The number of carbonyl (C=O) groups excluding carboxylic acids is 1. The van der Waals surface area contributed by atoms with Crippen LogP contribution < -0.4 is 4.74 Å². The maximum absolute atomic E-state index is 12.7. The molecule has 0 N–H and O–H groups in total. The number of hydrogen-bond acceptors (Lipinski definition) is 5. The quantitative estimate of drug-likeness (QED) is 0.611. The summed E-state index contributed by atoms with van der Waals surface area (Å²) in [7, 11) is 1.66. The fourth-order valence-electron chi connectivity index (χ4n) is 3.43. The third-order valence-electron chi connectivity index (χ3n) is 5.00. The van der Waals surface area contributed by atoms with Crippen molar-refractivity contribution in [2.45, 2.75) is 18.8 Å². The normalized spacial score (nSPS) is 14.9. The van der Waals surface area contributed by atoms with Gasteiger partial charge in [0, 0.05) is 29.6 Å². The number of piperidine rings is 1. The van der Waals surface area contributed by atoms with Crippen LogP contribution in [0.15, 0.2) is 48.5 Å². The average Bonchev–Trinajstić information content (AvgIpc) is 3.24. The fourth-order valence-corrected chi connectivity index (χ4v) is 4.60. The molecule has 7 heteroatoms. The fraction of sp³-hybridized carbons (Fsp3) is 0.286. The Labute approximate surface area is 172 Å². The molecule has 0 atom stereocenters. The Morgan fingerprint density at radius 2 is 1.82 bits per heavy atom. The van der Waals surface area contributed by atoms with Gasteiger partial charge < -0.3 is 9.64 Å². The Balaban J connectivity index is 1.42. The van der Waals surface area contributed by atoms with Gasteiger partial charge in [0.2, 0.25) is 0 Å². The van der Waals surface area contributed by atoms with Crippen molar-refractivity contribution in [1.29, 1.82) is 0 Å². The Kier molecular flexibility index (Phi) is 5.59. The molecular formula is C21H20ClN3O2S. The van der Waals surface area contributed by atoms with E-state index in [4.69, 9.17) is 16.3 Å². The molecule has 144 valence electrons. The number of carbonyl (C=O) groups is 1. The molecule has 4 rings (SSSR count). The number of para-hydroxylation sites is 1. The van der Waals surface area contributed by atoms with E-state index >= 15 is 0 Å². The molecule has 0 bridgehead atoms. The lowest BCUT2D eigenvalue weighted by Crippen LogP contribution is -2.37. The number of halogens is 1. The molecule has 1 amide bonds. The van der Waals surface area contributed by atoms with E-state index in [1.807, 2.05) is 29.2 Å². The van der Waals surface area contributed by atoms with E-state index < -0.39 is 0 Å². The second-order valence-corrected chi connectivity index (χ2v) is 8.16. The number of amides is 1. The van der Waals surface area contributed by atoms with Gasteiger partial charge in [-0.2, -0.15) is 0 Å². The van der Waals surface area contributed by atoms with Crippen LogP contribution in [0.2, 0.25) is 5.02 Å². The minimum atomic E-state index is 0.0575. The molecule has 28 heavy (non-hydrogen) atoms. The predicted octanol–water partition coefficient (Wildman–Crippen LogP) is 4.89. The van der Waals surface area contributed by atoms with Crippen molar-refractivity contribution in [3.8, 4) is 16.3 Å². The molecular weight excluding hydrogens is 394 g/mol. The molecule has 0 spiro atoms. The lowest BCUT2D eigenvalue weighted by Gasteiger charge is -2.31. The van der Waals surface area contributed by atoms with Gasteiger partial charge in [0.25, 0.3) is 5.91 Å². The number of nitrogens with zero attached hydrogens (tertiary/aromatic N) is 3. The lowest BCUT2D eigenvalue weighted by molar-refractivity contribution is 0.0713. The van der Waals surface area contributed by atoms with Crippen molar-refractivity contribution < 1.29 is 9.53 Å². The molecule has 1 aromatic heterocycles. The molecule has 0 saturated carbocycles. The van der Waals surface area contributed by atoms with E-state index in [0.717, 1.165) is 47.3 Å². The lowest BCUT2D eigenvalue weighted by atomic mass is 9.97. The zero-order chi connectivity index (χ0) is 19.5. The molecule has 1 fully saturated rings. The highest BCUT2D eigenvalue weighted by atomic mass is 35.5. The summed E-state index contributed by atoms with van der Waals surface area (Å²) in [5, 5.41) is 11.3. The summed E-state index contributed by atoms with van der Waals surface area (Å²) in [6.07, 6.45) is 1.78. The van der Waals surface area contributed by atoms with Gasteiger partial charge in [-0.3, -0.25) is 4.79 Å². The van der Waals surface area contributed by atoms with E-state index in [0.29, 0.717) is 16.5 Å². The first kappa shape index (κ1) is 18.9. The van der Waals surface area contributed by atoms with Crippen LogP contribution in [0.4, 0.5) is 0 Å². The number of hydrogen-bond donors (Lipinski definition) is 0. The van der Waals surface area contributed by atoms with Crippen LogP contribution in [0, 0.1) is 0 Å². The second-order valence-electron chi connectivity index (χ2n) is 6.72. The highest BCUT2D eigenvalue weighted by Gasteiger charge is 2.27. The van der Waals surface area contributed by atoms with E-state index in [1.165, 1.54) is 0 Å². The van der Waals surface area contributed by atoms with E-state index in [9.17, 15) is 4.79 Å². The van der Waals surface area contributed by atoms with Crippen molar-refractivity contribution in [2.24, 2.45) is 0 Å². The first-order valence-electron chi connectivity index (χ1n) is 9.17. The van der Waals surface area contributed by atoms with Crippen LogP contribution in [0.3, 0.4) is 0 Å². The first-order valence-corrected chi connectivity index (χ1v) is 10.4. The molecule has 2 aromatic carbocycles. The van der Waals surface area contributed by atoms with E-state index in [2.05, 4.69) is 10.2 Å². The van der Waals surface area contributed by atoms with E-state index in [1.54, 1.807) is 42.7 Å². The molecule has 5 nitrogen and oxygen atoms in total. The molecule has 0 radical (unpaired) electrons. The highest BCUT2D eigenvalue weighted by molar-refractivity contribution is 7.14. The number of rotatable bonds is 4. The van der Waals surface area contributed by atoms with Gasteiger partial charge in [-0.25, -0.2) is 0 Å². The Morgan fingerprint density at radius 1 is 1.11 bits per heavy atom. The Bertz CT molecular complexity index is 966. The van der Waals surface area contributed by atoms with Gasteiger partial charge in [-0.05, 0) is 49.2 Å². The molecule has 3 aromatic rings. The summed E-state index contributed by atoms with van der Waals surface area (Å²) < 4.78 is 5.43. The SMILES string of the molecule is COc1ccccc1-c1nnc(C2CCN(C(=O)c3ccc(Cl)cc3)CC2)s1. The van der Waals surface area contributed by atoms with Crippen molar-refractivity contribution in [3.05, 3.63) is 64.1 Å². The van der Waals surface area contributed by atoms with Crippen molar-refractivity contribution in [1.82, 2.24) is 15.1 Å². The van der Waals surface area contributed by atoms with Gasteiger partial charge in [0.15, 0.2) is 5.01 Å². The largest absolute Gasteiger partial charge is 0.496 e. The molecule has 0 aliphatic carbocycles. The predicted molar refractivity (Wildman–Crippen MR) is 111 cm³/mol. The van der Waals surface area contributed by atoms with Crippen LogP contribution in [0.5, 0.6) is 5.75 Å². The number of aromatic nitrogens is 2. The summed E-state index contributed by atoms with van der Waals surface area (Å²) in [6, 6.07) is 14.9. The summed E-state index contributed by atoms with van der Waals surface area (Å²) in [5.41, 5.74) is 1.64. The smallest absolute Gasteiger partial charge is 0.253 e. The standard InChI is InChI=1S/C21H20ClN3O2S/c1-27-18-5-3-2-4-17(18)20-24-23-19(28-20)14-10-12-25(13-11-14)21(26)15-6-8-16(22)9-7-15/h2-9,14H,10-13H2,1H3. The summed E-state index contributed by atoms with van der Waals surface area (Å²) >= 11 is 7.52. The van der Waals surface area contributed by atoms with Crippen LogP contribution >= 0.6 is 22.9 Å². The van der Waals surface area contributed by atoms with Crippen molar-refractivity contribution >= 4 is 28.8 Å². The zero-order valence-electron chi connectivity index (χ0n) is 15.5. The molecule has 1 aliphatic rings. The first-order chi connectivity index (χ1) is 13.7. The summed E-state index contributed by atoms with van der Waals surface area (Å²) in [4.78, 5) is 14.6. The topological polar surface area (TPSA) is 55.3 Å². The van der Waals surface area contributed by atoms with Crippen LogP contribution in [-0.2, 0) is 0 Å². The zero-order valence-corrected chi connectivity index (χ0v) is 17.0. The van der Waals surface area contributed by atoms with Gasteiger partial charge in [0.1, 0.15) is 10.8 Å². The highest BCUT2D eigenvalue weighted by Crippen LogP contribution is 2.36. The third-order valence-corrected chi connectivity index (χ3v) is 6.37. The van der Waals surface area contributed by atoms with Gasteiger partial charge in [-0.1, -0.05) is 35.1 Å². The second kappa shape index (κ2) is 8.29. The van der Waals surface area contributed by atoms with Crippen LogP contribution in [0.25, 0.3) is 10.6 Å². The Hall–Kier alpha value is -2.44. The van der Waals surface area contributed by atoms with Gasteiger partial charge in [0.05, 0.1) is 12.7 Å². The molecule has 1 aliphatic heterocycles. The average molecular weight is 414 g/mol. The summed E-state index contributed by atoms with van der Waals surface area (Å²) in [6.45, 7) is 1.44. The van der Waals surface area contributed by atoms with Crippen LogP contribution in [0.1, 0.15) is 34.1 Å². The number of ether oxygens (including phenoxy) is 1. The van der Waals surface area contributed by atoms with Crippen molar-refractivity contribution in [2.75, 3.05) is 20.2 Å². The molecule has 0 unspecified atom stereocenters. The Morgan fingerprint density at radius 3 is 2.54 bits per heavy atom. The third kappa shape index (κ3) is 3.88. The van der Waals surface area contributed by atoms with Gasteiger partial charge >= 0.3 is 0 Å².